The highest BCUT2D eigenvalue weighted by atomic mass is 16.5. The van der Waals surface area contributed by atoms with Gasteiger partial charge in [0.05, 0.1) is 11.9 Å². The van der Waals surface area contributed by atoms with E-state index in [1.54, 1.807) is 24.5 Å². The molecular weight excluding hydrogens is 290 g/mol. The second-order valence-corrected chi connectivity index (χ2v) is 5.66. The molecule has 0 fully saturated rings. The fraction of sp³-hybridized carbons (Fsp3) is 0.222. The lowest BCUT2D eigenvalue weighted by Crippen LogP contribution is -2.20. The van der Waals surface area contributed by atoms with E-state index >= 15 is 0 Å². The van der Waals surface area contributed by atoms with Gasteiger partial charge in [-0.15, -0.1) is 0 Å². The number of amides is 1. The van der Waals surface area contributed by atoms with Crippen LogP contribution in [0.15, 0.2) is 48.9 Å². The van der Waals surface area contributed by atoms with Gasteiger partial charge in [0, 0.05) is 23.3 Å². The molecule has 0 aliphatic rings. The Hall–Kier alpha value is -2.82. The second kappa shape index (κ2) is 6.52. The fourth-order valence-corrected chi connectivity index (χ4v) is 2.53. The number of ether oxygens (including phenoxy) is 1. The van der Waals surface area contributed by atoms with Gasteiger partial charge in [-0.05, 0) is 35.7 Å². The molecule has 0 saturated heterocycles. The Morgan fingerprint density at radius 3 is 2.91 bits per heavy atom. The molecule has 0 atom stereocenters. The zero-order valence-corrected chi connectivity index (χ0v) is 13.2. The molecule has 0 unspecified atom stereocenters. The molecule has 23 heavy (non-hydrogen) atoms. The highest BCUT2D eigenvalue weighted by molar-refractivity contribution is 5.93. The average Bonchev–Trinajstić information content (AvgIpc) is 2.99. The Kier molecular flexibility index (Phi) is 4.28. The predicted molar refractivity (Wildman–Crippen MR) is 90.7 cm³/mol. The summed E-state index contributed by atoms with van der Waals surface area (Å²) in [6, 6.07) is 9.36. The summed E-state index contributed by atoms with van der Waals surface area (Å²) >= 11 is 0. The highest BCUT2D eigenvalue weighted by Crippen LogP contribution is 2.32. The first-order valence-corrected chi connectivity index (χ1v) is 7.58. The predicted octanol–water partition coefficient (Wildman–Crippen LogP) is 3.70. The maximum atomic E-state index is 12.0. The van der Waals surface area contributed by atoms with Gasteiger partial charge in [-0.3, -0.25) is 9.78 Å². The number of anilines is 1. The SMILES string of the molecule is CC(C)c1c[nH]c2cccc(OCC(=O)Nc3cccnc3)c12. The van der Waals surface area contributed by atoms with Gasteiger partial charge in [0.15, 0.2) is 6.61 Å². The molecule has 1 amide bonds. The Balaban J connectivity index is 1.74. The maximum absolute atomic E-state index is 12.0. The van der Waals surface area contributed by atoms with E-state index in [1.807, 2.05) is 24.4 Å². The number of hydrogen-bond acceptors (Lipinski definition) is 3. The minimum Gasteiger partial charge on any atom is -0.483 e. The quantitative estimate of drug-likeness (QED) is 0.755. The fourth-order valence-electron chi connectivity index (χ4n) is 2.53. The van der Waals surface area contributed by atoms with E-state index in [0.29, 0.717) is 17.4 Å². The molecule has 0 aliphatic heterocycles. The first-order valence-electron chi connectivity index (χ1n) is 7.58. The van der Waals surface area contributed by atoms with Crippen molar-refractivity contribution in [3.8, 4) is 5.75 Å². The van der Waals surface area contributed by atoms with Crippen molar-refractivity contribution in [1.82, 2.24) is 9.97 Å². The Morgan fingerprint density at radius 2 is 2.17 bits per heavy atom. The van der Waals surface area contributed by atoms with E-state index in [4.69, 9.17) is 4.74 Å². The molecular formula is C18H19N3O2. The Bertz CT molecular complexity index is 810. The monoisotopic (exact) mass is 309 g/mol. The molecule has 2 N–H and O–H groups in total. The van der Waals surface area contributed by atoms with Crippen LogP contribution in [-0.2, 0) is 4.79 Å². The van der Waals surface area contributed by atoms with Crippen molar-refractivity contribution in [3.63, 3.8) is 0 Å². The summed E-state index contributed by atoms with van der Waals surface area (Å²) in [5.41, 5.74) is 2.85. The third-order valence-electron chi connectivity index (χ3n) is 3.62. The third kappa shape index (κ3) is 3.34. The summed E-state index contributed by atoms with van der Waals surface area (Å²) in [6.45, 7) is 4.22. The van der Waals surface area contributed by atoms with Crippen molar-refractivity contribution in [2.24, 2.45) is 0 Å². The lowest BCUT2D eigenvalue weighted by atomic mass is 10.0. The zero-order valence-electron chi connectivity index (χ0n) is 13.2. The largest absolute Gasteiger partial charge is 0.483 e. The van der Waals surface area contributed by atoms with Crippen molar-refractivity contribution in [3.05, 3.63) is 54.5 Å². The highest BCUT2D eigenvalue weighted by Gasteiger charge is 2.13. The second-order valence-electron chi connectivity index (χ2n) is 5.66. The van der Waals surface area contributed by atoms with Crippen LogP contribution in [0.2, 0.25) is 0 Å². The molecule has 5 heteroatoms. The number of aromatic nitrogens is 2. The number of aromatic amines is 1. The molecule has 2 aromatic heterocycles. The molecule has 5 nitrogen and oxygen atoms in total. The van der Waals surface area contributed by atoms with Crippen LogP contribution in [0, 0.1) is 0 Å². The van der Waals surface area contributed by atoms with Gasteiger partial charge in [-0.2, -0.15) is 0 Å². The van der Waals surface area contributed by atoms with E-state index in [2.05, 4.69) is 29.1 Å². The van der Waals surface area contributed by atoms with E-state index in [9.17, 15) is 4.79 Å². The molecule has 2 heterocycles. The van der Waals surface area contributed by atoms with Crippen LogP contribution in [0.3, 0.4) is 0 Å². The number of rotatable bonds is 5. The summed E-state index contributed by atoms with van der Waals surface area (Å²) < 4.78 is 5.75. The molecule has 0 bridgehead atoms. The minimum absolute atomic E-state index is 0.0449. The first kappa shape index (κ1) is 15.1. The topological polar surface area (TPSA) is 67.0 Å². The van der Waals surface area contributed by atoms with Crippen molar-refractivity contribution < 1.29 is 9.53 Å². The summed E-state index contributed by atoms with van der Waals surface area (Å²) in [5, 5.41) is 3.80. The van der Waals surface area contributed by atoms with Crippen LogP contribution in [-0.4, -0.2) is 22.5 Å². The van der Waals surface area contributed by atoms with Crippen LogP contribution in [0.25, 0.3) is 10.9 Å². The summed E-state index contributed by atoms with van der Waals surface area (Å²) in [7, 11) is 0. The number of nitrogens with zero attached hydrogens (tertiary/aromatic N) is 1. The number of hydrogen-bond donors (Lipinski definition) is 2. The van der Waals surface area contributed by atoms with Crippen LogP contribution < -0.4 is 10.1 Å². The van der Waals surface area contributed by atoms with Gasteiger partial charge in [0.1, 0.15) is 5.75 Å². The summed E-state index contributed by atoms with van der Waals surface area (Å²) in [6.07, 6.45) is 5.26. The molecule has 0 saturated carbocycles. The van der Waals surface area contributed by atoms with Gasteiger partial charge in [0.25, 0.3) is 5.91 Å². The third-order valence-corrected chi connectivity index (χ3v) is 3.62. The number of pyridine rings is 1. The minimum atomic E-state index is -0.211. The number of benzene rings is 1. The van der Waals surface area contributed by atoms with E-state index in [0.717, 1.165) is 10.9 Å². The zero-order chi connectivity index (χ0) is 16.2. The summed E-state index contributed by atoms with van der Waals surface area (Å²) in [4.78, 5) is 19.2. The number of H-pyrrole nitrogens is 1. The molecule has 118 valence electrons. The standard InChI is InChI=1S/C18H19N3O2/c1-12(2)14-10-20-15-6-3-7-16(18(14)15)23-11-17(22)21-13-5-4-8-19-9-13/h3-10,12,20H,11H2,1-2H3,(H,21,22). The van der Waals surface area contributed by atoms with Gasteiger partial charge >= 0.3 is 0 Å². The van der Waals surface area contributed by atoms with Gasteiger partial charge in [-0.1, -0.05) is 19.9 Å². The average molecular weight is 309 g/mol. The van der Waals surface area contributed by atoms with E-state index < -0.39 is 0 Å². The van der Waals surface area contributed by atoms with Gasteiger partial charge < -0.3 is 15.0 Å². The van der Waals surface area contributed by atoms with E-state index in [1.165, 1.54) is 5.56 Å². The van der Waals surface area contributed by atoms with Gasteiger partial charge in [0.2, 0.25) is 0 Å². The molecule has 0 aliphatic carbocycles. The number of fused-ring (bicyclic) bond motifs is 1. The van der Waals surface area contributed by atoms with E-state index in [-0.39, 0.29) is 12.5 Å². The lowest BCUT2D eigenvalue weighted by molar-refractivity contribution is -0.118. The Morgan fingerprint density at radius 1 is 1.30 bits per heavy atom. The molecule has 3 aromatic rings. The first-order chi connectivity index (χ1) is 11.1. The molecule has 1 aromatic carbocycles. The van der Waals surface area contributed by atoms with Crippen molar-refractivity contribution in [2.75, 3.05) is 11.9 Å². The van der Waals surface area contributed by atoms with Gasteiger partial charge in [-0.25, -0.2) is 0 Å². The van der Waals surface area contributed by atoms with Crippen LogP contribution in [0.4, 0.5) is 5.69 Å². The Labute approximate surface area is 134 Å². The van der Waals surface area contributed by atoms with Crippen LogP contribution in [0.1, 0.15) is 25.3 Å². The molecule has 3 rings (SSSR count). The normalized spacial score (nSPS) is 10.9. The summed E-state index contributed by atoms with van der Waals surface area (Å²) in [5.74, 6) is 0.878. The number of carbonyl (C=O) groups excluding carboxylic acids is 1. The van der Waals surface area contributed by atoms with Crippen molar-refractivity contribution in [2.45, 2.75) is 19.8 Å². The van der Waals surface area contributed by atoms with Crippen molar-refractivity contribution in [1.29, 1.82) is 0 Å². The number of nitrogens with one attached hydrogen (secondary N) is 2. The number of carbonyl (C=O) groups is 1. The molecule has 0 spiro atoms. The van der Waals surface area contributed by atoms with Crippen molar-refractivity contribution >= 4 is 22.5 Å². The molecule has 0 radical (unpaired) electrons. The van der Waals surface area contributed by atoms with Crippen LogP contribution in [0.5, 0.6) is 5.75 Å². The smallest absolute Gasteiger partial charge is 0.262 e. The van der Waals surface area contributed by atoms with Crippen LogP contribution >= 0.6 is 0 Å². The maximum Gasteiger partial charge on any atom is 0.262 e. The lowest BCUT2D eigenvalue weighted by Gasteiger charge is -2.10.